The third-order valence-electron chi connectivity index (χ3n) is 3.62. The van der Waals surface area contributed by atoms with Crippen LogP contribution in [0.4, 0.5) is 5.69 Å². The molecule has 1 amide bonds. The van der Waals surface area contributed by atoms with E-state index in [0.717, 1.165) is 15.7 Å². The van der Waals surface area contributed by atoms with Gasteiger partial charge in [-0.25, -0.2) is 0 Å². The molecule has 23 heavy (non-hydrogen) atoms. The molecule has 2 aromatic rings. The van der Waals surface area contributed by atoms with Crippen LogP contribution in [-0.4, -0.2) is 39.1 Å². The maximum absolute atomic E-state index is 12.6. The third kappa shape index (κ3) is 4.26. The highest BCUT2D eigenvalue weighted by atomic mass is 79.9. The number of amides is 1. The van der Waals surface area contributed by atoms with Crippen LogP contribution in [0.2, 0.25) is 0 Å². The van der Waals surface area contributed by atoms with E-state index >= 15 is 0 Å². The third-order valence-corrected chi connectivity index (χ3v) is 4.31. The minimum absolute atomic E-state index is 0.0486. The molecule has 0 aliphatic heterocycles. The van der Waals surface area contributed by atoms with Gasteiger partial charge in [0.25, 0.3) is 5.91 Å². The average Bonchev–Trinajstić information content (AvgIpc) is 2.55. The summed E-state index contributed by atoms with van der Waals surface area (Å²) in [5, 5.41) is 0. The van der Waals surface area contributed by atoms with Crippen LogP contribution >= 0.6 is 15.9 Å². The number of nitrogens with zero attached hydrogens (tertiary/aromatic N) is 2. The first kappa shape index (κ1) is 17.3. The van der Waals surface area contributed by atoms with Crippen LogP contribution in [0.1, 0.15) is 15.9 Å². The van der Waals surface area contributed by atoms with Gasteiger partial charge in [0.1, 0.15) is 5.75 Å². The first-order valence-corrected chi connectivity index (χ1v) is 8.07. The van der Waals surface area contributed by atoms with Crippen LogP contribution in [-0.2, 0) is 6.54 Å². The number of rotatable bonds is 5. The molecule has 2 rings (SSSR count). The highest BCUT2D eigenvalue weighted by Crippen LogP contribution is 2.24. The lowest BCUT2D eigenvalue weighted by Gasteiger charge is -2.19. The molecule has 0 fully saturated rings. The Labute approximate surface area is 145 Å². The molecular weight excluding hydrogens is 356 g/mol. The second kappa shape index (κ2) is 7.51. The Kier molecular flexibility index (Phi) is 5.66. The summed E-state index contributed by atoms with van der Waals surface area (Å²) in [5.74, 6) is 0.618. The van der Waals surface area contributed by atoms with Crippen molar-refractivity contribution in [2.24, 2.45) is 0 Å². The molecule has 0 spiro atoms. The van der Waals surface area contributed by atoms with E-state index in [1.807, 2.05) is 43.3 Å². The Balaban J connectivity index is 2.13. The largest absolute Gasteiger partial charge is 0.497 e. The lowest BCUT2D eigenvalue weighted by atomic mass is 10.1. The highest BCUT2D eigenvalue weighted by molar-refractivity contribution is 9.10. The molecule has 4 nitrogen and oxygen atoms in total. The van der Waals surface area contributed by atoms with Crippen molar-refractivity contribution in [2.75, 3.05) is 33.2 Å². The van der Waals surface area contributed by atoms with Crippen molar-refractivity contribution < 1.29 is 9.53 Å². The topological polar surface area (TPSA) is 32.8 Å². The van der Waals surface area contributed by atoms with Gasteiger partial charge in [-0.1, -0.05) is 12.1 Å². The van der Waals surface area contributed by atoms with E-state index in [9.17, 15) is 4.79 Å². The second-order valence-electron chi connectivity index (χ2n) is 5.57. The SMILES string of the molecule is COc1ccc(Br)c(C(=O)N(C)Cc2ccc(N(C)C)cc2)c1. The van der Waals surface area contributed by atoms with Gasteiger partial charge in [0.05, 0.1) is 12.7 Å². The van der Waals surface area contributed by atoms with E-state index in [1.165, 1.54) is 0 Å². The molecule has 0 saturated heterocycles. The van der Waals surface area contributed by atoms with Crippen molar-refractivity contribution in [3.63, 3.8) is 0 Å². The summed E-state index contributed by atoms with van der Waals surface area (Å²) in [6.07, 6.45) is 0. The molecule has 5 heteroatoms. The monoisotopic (exact) mass is 376 g/mol. The van der Waals surface area contributed by atoms with Gasteiger partial charge < -0.3 is 14.5 Å². The van der Waals surface area contributed by atoms with E-state index < -0.39 is 0 Å². The predicted molar refractivity (Wildman–Crippen MR) is 97.3 cm³/mol. The lowest BCUT2D eigenvalue weighted by molar-refractivity contribution is 0.0784. The summed E-state index contributed by atoms with van der Waals surface area (Å²) in [4.78, 5) is 16.4. The van der Waals surface area contributed by atoms with Crippen LogP contribution in [0.15, 0.2) is 46.9 Å². The summed E-state index contributed by atoms with van der Waals surface area (Å²) < 4.78 is 5.96. The zero-order valence-electron chi connectivity index (χ0n) is 13.8. The van der Waals surface area contributed by atoms with E-state index in [-0.39, 0.29) is 5.91 Å². The highest BCUT2D eigenvalue weighted by Gasteiger charge is 2.16. The first-order valence-electron chi connectivity index (χ1n) is 7.27. The number of carbonyl (C=O) groups excluding carboxylic acids is 1. The van der Waals surface area contributed by atoms with Crippen LogP contribution in [0.25, 0.3) is 0 Å². The summed E-state index contributed by atoms with van der Waals surface area (Å²) in [6, 6.07) is 13.6. The fourth-order valence-electron chi connectivity index (χ4n) is 2.25. The zero-order chi connectivity index (χ0) is 17.0. The summed E-state index contributed by atoms with van der Waals surface area (Å²) >= 11 is 3.43. The Morgan fingerprint density at radius 3 is 2.30 bits per heavy atom. The molecule has 0 radical (unpaired) electrons. The molecule has 2 aromatic carbocycles. The number of carbonyl (C=O) groups is 1. The van der Waals surface area contributed by atoms with Crippen LogP contribution in [0.3, 0.4) is 0 Å². The van der Waals surface area contributed by atoms with Gasteiger partial charge in [-0.2, -0.15) is 0 Å². The molecule has 0 unspecified atom stereocenters. The molecule has 0 aromatic heterocycles. The molecule has 0 aliphatic rings. The molecule has 0 aliphatic carbocycles. The maximum atomic E-state index is 12.6. The second-order valence-corrected chi connectivity index (χ2v) is 6.42. The van der Waals surface area contributed by atoms with Crippen LogP contribution < -0.4 is 9.64 Å². The van der Waals surface area contributed by atoms with Crippen molar-refractivity contribution in [1.82, 2.24) is 4.90 Å². The Morgan fingerprint density at radius 1 is 1.09 bits per heavy atom. The number of hydrogen-bond donors (Lipinski definition) is 0. The fraction of sp³-hybridized carbons (Fsp3) is 0.278. The van der Waals surface area contributed by atoms with E-state index in [0.29, 0.717) is 17.9 Å². The summed E-state index contributed by atoms with van der Waals surface area (Å²) in [5.41, 5.74) is 2.82. The van der Waals surface area contributed by atoms with Gasteiger partial charge in [0.15, 0.2) is 0 Å². The van der Waals surface area contributed by atoms with Crippen molar-refractivity contribution in [1.29, 1.82) is 0 Å². The number of hydrogen-bond acceptors (Lipinski definition) is 3. The van der Waals surface area contributed by atoms with Gasteiger partial charge in [0.2, 0.25) is 0 Å². The van der Waals surface area contributed by atoms with Crippen LogP contribution in [0.5, 0.6) is 5.75 Å². The number of ether oxygens (including phenoxy) is 1. The predicted octanol–water partition coefficient (Wildman–Crippen LogP) is 3.80. The quantitative estimate of drug-likeness (QED) is 0.795. The van der Waals surface area contributed by atoms with Crippen LogP contribution in [0, 0.1) is 0 Å². The summed E-state index contributed by atoms with van der Waals surface area (Å²) in [7, 11) is 7.40. The van der Waals surface area contributed by atoms with Crippen molar-refractivity contribution in [3.05, 3.63) is 58.1 Å². The molecule has 0 atom stereocenters. The average molecular weight is 377 g/mol. The molecule has 0 heterocycles. The number of halogens is 1. The summed E-state index contributed by atoms with van der Waals surface area (Å²) in [6.45, 7) is 0.552. The molecule has 0 bridgehead atoms. The minimum Gasteiger partial charge on any atom is -0.497 e. The molecular formula is C18H21BrN2O2. The lowest BCUT2D eigenvalue weighted by Crippen LogP contribution is -2.26. The van der Waals surface area contributed by atoms with Crippen molar-refractivity contribution in [2.45, 2.75) is 6.54 Å². The molecule has 122 valence electrons. The Bertz CT molecular complexity index is 684. The normalized spacial score (nSPS) is 10.3. The number of methoxy groups -OCH3 is 1. The molecule has 0 saturated carbocycles. The number of benzene rings is 2. The van der Waals surface area contributed by atoms with Gasteiger partial charge in [-0.3, -0.25) is 4.79 Å². The maximum Gasteiger partial charge on any atom is 0.255 e. The van der Waals surface area contributed by atoms with Gasteiger partial charge >= 0.3 is 0 Å². The van der Waals surface area contributed by atoms with Crippen molar-refractivity contribution >= 4 is 27.5 Å². The minimum atomic E-state index is -0.0486. The Hall–Kier alpha value is -2.01. The van der Waals surface area contributed by atoms with Crippen molar-refractivity contribution in [3.8, 4) is 5.75 Å². The zero-order valence-corrected chi connectivity index (χ0v) is 15.4. The Morgan fingerprint density at radius 2 is 1.74 bits per heavy atom. The van der Waals surface area contributed by atoms with Gasteiger partial charge in [-0.05, 0) is 51.8 Å². The first-order chi connectivity index (χ1) is 10.9. The standard InChI is InChI=1S/C18H21BrN2O2/c1-20(2)14-7-5-13(6-8-14)12-21(3)18(22)16-11-15(23-4)9-10-17(16)19/h5-11H,12H2,1-4H3. The smallest absolute Gasteiger partial charge is 0.255 e. The number of anilines is 1. The molecule has 0 N–H and O–H groups in total. The van der Waals surface area contributed by atoms with Gasteiger partial charge in [0, 0.05) is 37.8 Å². The van der Waals surface area contributed by atoms with E-state index in [1.54, 1.807) is 25.1 Å². The fourth-order valence-corrected chi connectivity index (χ4v) is 2.66. The van der Waals surface area contributed by atoms with Gasteiger partial charge in [-0.15, -0.1) is 0 Å². The van der Waals surface area contributed by atoms with E-state index in [2.05, 4.69) is 28.1 Å². The van der Waals surface area contributed by atoms with E-state index in [4.69, 9.17) is 4.74 Å².